The number of carbonyl (C=O) groups excluding carboxylic acids is 1. The molecule has 1 amide bonds. The number of alkyl halides is 1. The molecule has 2 aliphatic heterocycles. The molecule has 3 N–H and O–H groups in total. The van der Waals surface area contributed by atoms with Gasteiger partial charge in [0.1, 0.15) is 6.10 Å². The Kier molecular flexibility index (Phi) is 6.67. The molecule has 31 heavy (non-hydrogen) atoms. The number of ether oxygens (including phenoxy) is 2. The summed E-state index contributed by atoms with van der Waals surface area (Å²) in [6.07, 6.45) is 3.00. The highest BCUT2D eigenvalue weighted by molar-refractivity contribution is 5.96. The number of morpholine rings is 1. The van der Waals surface area contributed by atoms with Gasteiger partial charge in [-0.05, 0) is 43.9 Å². The molecule has 2 saturated heterocycles. The zero-order chi connectivity index (χ0) is 21.8. The van der Waals surface area contributed by atoms with Crippen molar-refractivity contribution in [2.75, 3.05) is 42.6 Å². The van der Waals surface area contributed by atoms with Gasteiger partial charge in [-0.25, -0.2) is 20.0 Å². The van der Waals surface area contributed by atoms with Gasteiger partial charge < -0.3 is 14.4 Å². The van der Waals surface area contributed by atoms with Gasteiger partial charge in [0.2, 0.25) is 5.96 Å². The van der Waals surface area contributed by atoms with Crippen LogP contribution in [0.1, 0.15) is 32.1 Å². The van der Waals surface area contributed by atoms with Crippen LogP contribution in [0.2, 0.25) is 0 Å². The number of carbonyl (C=O) groups is 1. The van der Waals surface area contributed by atoms with Crippen molar-refractivity contribution in [3.05, 3.63) is 24.3 Å². The third-order valence-corrected chi connectivity index (χ3v) is 5.78. The van der Waals surface area contributed by atoms with E-state index < -0.39 is 18.5 Å². The van der Waals surface area contributed by atoms with E-state index in [1.165, 1.54) is 16.3 Å². The van der Waals surface area contributed by atoms with Crippen molar-refractivity contribution in [3.63, 3.8) is 0 Å². The molecule has 3 aliphatic rings. The van der Waals surface area contributed by atoms with E-state index in [2.05, 4.69) is 4.99 Å². The molecule has 4 rings (SSSR count). The average Bonchev–Trinajstić information content (AvgIpc) is 3.14. The molecule has 1 saturated carbocycles. The molecule has 0 radical (unpaired) electrons. The van der Waals surface area contributed by atoms with Crippen LogP contribution in [0.25, 0.3) is 0 Å². The third kappa shape index (κ3) is 5.13. The molecule has 0 aromatic heterocycles. The third-order valence-electron chi connectivity index (χ3n) is 5.78. The number of nitrogens with one attached hydrogen (secondary N) is 1. The predicted molar refractivity (Wildman–Crippen MR) is 116 cm³/mol. The number of anilines is 2. The fourth-order valence-corrected chi connectivity index (χ4v) is 4.12. The lowest BCUT2D eigenvalue weighted by Crippen LogP contribution is -2.43. The molecule has 9 nitrogen and oxygen atoms in total. The maximum Gasteiger partial charge on any atom is 0.414 e. The van der Waals surface area contributed by atoms with Gasteiger partial charge in [-0.3, -0.25) is 15.3 Å². The molecule has 0 spiro atoms. The minimum atomic E-state index is -1.22. The van der Waals surface area contributed by atoms with Crippen molar-refractivity contribution >= 4 is 29.1 Å². The Balaban J connectivity index is 1.38. The number of hydrogen-bond acceptors (Lipinski definition) is 6. The summed E-state index contributed by atoms with van der Waals surface area (Å²) in [6.45, 7) is 1.40. The van der Waals surface area contributed by atoms with Crippen LogP contribution in [0, 0.1) is 5.41 Å². The van der Waals surface area contributed by atoms with Crippen LogP contribution in [-0.2, 0) is 9.47 Å². The first-order valence-electron chi connectivity index (χ1n) is 10.7. The van der Waals surface area contributed by atoms with Crippen molar-refractivity contribution in [2.45, 2.75) is 44.5 Å². The number of halogens is 1. The van der Waals surface area contributed by atoms with E-state index in [9.17, 15) is 9.18 Å². The van der Waals surface area contributed by atoms with Gasteiger partial charge in [0.15, 0.2) is 6.30 Å². The first-order chi connectivity index (χ1) is 15.0. The second kappa shape index (κ2) is 9.61. The molecule has 3 fully saturated rings. The standard InChI is InChI=1S/C21H29FN6O3/c22-19-14-30-10-9-26(19)16-7-4-8-17(11-16)27-12-18(31-21(27)29)13-28(24)20(23)25-15-5-2-1-3-6-15/h4,7-8,11,18-19,23H,1-3,5-6,9-10,12-14,24H2/t18-,19?/m0/s1. The molecule has 1 aromatic carbocycles. The first-order valence-corrected chi connectivity index (χ1v) is 10.7. The summed E-state index contributed by atoms with van der Waals surface area (Å²) in [6, 6.07) is 7.17. The lowest BCUT2D eigenvalue weighted by Gasteiger charge is -2.32. The Hall–Kier alpha value is -2.72. The maximum atomic E-state index is 14.2. The van der Waals surface area contributed by atoms with Crippen molar-refractivity contribution < 1.29 is 18.7 Å². The van der Waals surface area contributed by atoms with E-state index in [1.807, 2.05) is 6.07 Å². The van der Waals surface area contributed by atoms with E-state index in [0.717, 1.165) is 31.4 Å². The van der Waals surface area contributed by atoms with E-state index in [0.29, 0.717) is 31.1 Å². The molecule has 1 aromatic rings. The molecule has 10 heteroatoms. The van der Waals surface area contributed by atoms with Crippen LogP contribution >= 0.6 is 0 Å². The average molecular weight is 433 g/mol. The van der Waals surface area contributed by atoms with Crippen LogP contribution in [-0.4, -0.2) is 68.0 Å². The number of aliphatic imine (C=N–C) groups is 1. The maximum absolute atomic E-state index is 14.2. The molecular weight excluding hydrogens is 403 g/mol. The van der Waals surface area contributed by atoms with E-state index >= 15 is 0 Å². The smallest absolute Gasteiger partial charge is 0.414 e. The van der Waals surface area contributed by atoms with Gasteiger partial charge in [0.05, 0.1) is 26.3 Å². The van der Waals surface area contributed by atoms with Gasteiger partial charge in [0.25, 0.3) is 0 Å². The number of amides is 1. The SMILES string of the molecule is N=C(N=C1CCCCC1)N(N)C[C@@H]1CN(c2cccc(N3CCOCC3F)c2)C(=O)O1. The van der Waals surface area contributed by atoms with Gasteiger partial charge in [-0.15, -0.1) is 0 Å². The Morgan fingerprint density at radius 3 is 2.84 bits per heavy atom. The van der Waals surface area contributed by atoms with Gasteiger partial charge in [0, 0.05) is 23.6 Å². The second-order valence-corrected chi connectivity index (χ2v) is 8.05. The van der Waals surface area contributed by atoms with Crippen molar-refractivity contribution in [2.24, 2.45) is 10.8 Å². The minimum Gasteiger partial charge on any atom is -0.442 e. The van der Waals surface area contributed by atoms with Gasteiger partial charge in [-0.1, -0.05) is 12.5 Å². The second-order valence-electron chi connectivity index (χ2n) is 8.05. The summed E-state index contributed by atoms with van der Waals surface area (Å²) in [5.74, 6) is 5.99. The van der Waals surface area contributed by atoms with Crippen LogP contribution in [0.3, 0.4) is 0 Å². The number of nitrogens with two attached hydrogens (primary N) is 1. The van der Waals surface area contributed by atoms with Crippen LogP contribution < -0.4 is 15.6 Å². The number of hydrogen-bond donors (Lipinski definition) is 2. The van der Waals surface area contributed by atoms with E-state index in [4.69, 9.17) is 20.7 Å². The minimum absolute atomic E-state index is 0.0188. The quantitative estimate of drug-likeness (QED) is 0.249. The number of hydrazine groups is 1. The topological polar surface area (TPSA) is 107 Å². The van der Waals surface area contributed by atoms with E-state index in [1.54, 1.807) is 23.1 Å². The Morgan fingerprint density at radius 1 is 1.29 bits per heavy atom. The Morgan fingerprint density at radius 2 is 2.06 bits per heavy atom. The number of rotatable bonds is 4. The Labute approximate surface area is 181 Å². The highest BCUT2D eigenvalue weighted by atomic mass is 19.1. The highest BCUT2D eigenvalue weighted by Crippen LogP contribution is 2.28. The number of benzene rings is 1. The molecule has 168 valence electrons. The lowest BCUT2D eigenvalue weighted by atomic mass is 9.99. The molecule has 2 atom stereocenters. The lowest BCUT2D eigenvalue weighted by molar-refractivity contribution is 0.0497. The molecule has 1 aliphatic carbocycles. The summed E-state index contributed by atoms with van der Waals surface area (Å²) in [5.41, 5.74) is 2.32. The van der Waals surface area contributed by atoms with Gasteiger partial charge >= 0.3 is 6.09 Å². The van der Waals surface area contributed by atoms with Crippen LogP contribution in [0.5, 0.6) is 0 Å². The zero-order valence-electron chi connectivity index (χ0n) is 17.5. The van der Waals surface area contributed by atoms with E-state index in [-0.39, 0.29) is 19.1 Å². The van der Waals surface area contributed by atoms with Gasteiger partial charge in [-0.2, -0.15) is 0 Å². The monoisotopic (exact) mass is 432 g/mol. The first kappa shape index (κ1) is 21.5. The molecular formula is C21H29FN6O3. The molecule has 1 unspecified atom stereocenters. The predicted octanol–water partition coefficient (Wildman–Crippen LogP) is 2.66. The zero-order valence-corrected chi connectivity index (χ0v) is 17.5. The summed E-state index contributed by atoms with van der Waals surface area (Å²) in [7, 11) is 0. The van der Waals surface area contributed by atoms with Crippen molar-refractivity contribution in [1.29, 1.82) is 5.41 Å². The summed E-state index contributed by atoms with van der Waals surface area (Å²) in [5, 5.41) is 9.35. The molecule has 2 heterocycles. The van der Waals surface area contributed by atoms with Crippen LogP contribution in [0.4, 0.5) is 20.6 Å². The fraction of sp³-hybridized carbons (Fsp3) is 0.571. The highest BCUT2D eigenvalue weighted by Gasteiger charge is 2.34. The summed E-state index contributed by atoms with van der Waals surface area (Å²) >= 11 is 0. The van der Waals surface area contributed by atoms with Crippen molar-refractivity contribution in [1.82, 2.24) is 5.01 Å². The fourth-order valence-electron chi connectivity index (χ4n) is 4.12. The normalized spacial score (nSPS) is 24.2. The number of cyclic esters (lactones) is 1. The van der Waals surface area contributed by atoms with Crippen molar-refractivity contribution in [3.8, 4) is 0 Å². The Bertz CT molecular complexity index is 842. The summed E-state index contributed by atoms with van der Waals surface area (Å²) in [4.78, 5) is 19.9. The van der Waals surface area contributed by atoms with Crippen LogP contribution in [0.15, 0.2) is 29.3 Å². The summed E-state index contributed by atoms with van der Waals surface area (Å²) < 4.78 is 24.8. The largest absolute Gasteiger partial charge is 0.442 e. The number of nitrogens with zero attached hydrogens (tertiary/aromatic N) is 4. The molecule has 0 bridgehead atoms. The number of guanidine groups is 1.